The highest BCUT2D eigenvalue weighted by Crippen LogP contribution is 2.33. The quantitative estimate of drug-likeness (QED) is 0.457. The van der Waals surface area contributed by atoms with Crippen molar-refractivity contribution in [1.29, 1.82) is 0 Å². The van der Waals surface area contributed by atoms with Crippen LogP contribution in [-0.2, 0) is 6.42 Å². The van der Waals surface area contributed by atoms with Crippen LogP contribution in [-0.4, -0.2) is 26.3 Å². The summed E-state index contributed by atoms with van der Waals surface area (Å²) in [6.45, 7) is 0.240. The number of ether oxygens (including phenoxy) is 3. The molecule has 0 saturated heterocycles. The summed E-state index contributed by atoms with van der Waals surface area (Å²) in [4.78, 5) is 12.8. The summed E-state index contributed by atoms with van der Waals surface area (Å²) in [6, 6.07) is 14.9. The molecule has 0 bridgehead atoms. The fourth-order valence-corrected chi connectivity index (χ4v) is 3.22. The third-order valence-electron chi connectivity index (χ3n) is 4.38. The molecule has 1 aliphatic rings. The number of nitrogens with zero attached hydrogens (tertiary/aromatic N) is 4. The number of fused-ring (bicyclic) bond motifs is 1. The van der Waals surface area contributed by atoms with E-state index >= 15 is 0 Å². The second kappa shape index (κ2) is 7.44. The van der Waals surface area contributed by atoms with E-state index in [1.807, 2.05) is 53.2 Å². The summed E-state index contributed by atoms with van der Waals surface area (Å²) in [7, 11) is 0. The number of halogens is 1. The van der Waals surface area contributed by atoms with Crippen molar-refractivity contribution in [3.05, 3.63) is 83.8 Å². The van der Waals surface area contributed by atoms with E-state index < -0.39 is 0 Å². The molecule has 0 unspecified atom stereocenters. The van der Waals surface area contributed by atoms with E-state index in [1.165, 1.54) is 0 Å². The normalized spacial score (nSPS) is 12.2. The van der Waals surface area contributed by atoms with Gasteiger partial charge in [0.15, 0.2) is 11.5 Å². The maximum Gasteiger partial charge on any atom is 0.231 e. The van der Waals surface area contributed by atoms with Gasteiger partial charge >= 0.3 is 0 Å². The topological polar surface area (TPSA) is 71.3 Å². The van der Waals surface area contributed by atoms with E-state index in [0.717, 1.165) is 22.7 Å². The Kier molecular flexibility index (Phi) is 4.50. The molecule has 0 aliphatic carbocycles. The molecule has 29 heavy (non-hydrogen) atoms. The summed E-state index contributed by atoms with van der Waals surface area (Å²) >= 11 is 6.18. The Morgan fingerprint density at radius 3 is 2.69 bits per heavy atom. The first-order chi connectivity index (χ1) is 14.2. The van der Waals surface area contributed by atoms with Crippen LogP contribution in [0.4, 0.5) is 0 Å². The molecule has 144 valence electrons. The van der Waals surface area contributed by atoms with E-state index in [0.29, 0.717) is 29.0 Å². The van der Waals surface area contributed by atoms with Gasteiger partial charge in [-0.2, -0.15) is 4.98 Å². The highest BCUT2D eigenvalue weighted by molar-refractivity contribution is 6.29. The summed E-state index contributed by atoms with van der Waals surface area (Å²) in [6.07, 6.45) is 5.84. The molecule has 5 rings (SSSR count). The van der Waals surface area contributed by atoms with Gasteiger partial charge in [-0.15, -0.1) is 0 Å². The second-order valence-corrected chi connectivity index (χ2v) is 6.76. The lowest BCUT2D eigenvalue weighted by atomic mass is 10.1. The Bertz CT molecular complexity index is 1150. The average molecular weight is 407 g/mol. The molecule has 3 heterocycles. The molecule has 0 spiro atoms. The van der Waals surface area contributed by atoms with Gasteiger partial charge in [0.1, 0.15) is 16.7 Å². The van der Waals surface area contributed by atoms with Crippen LogP contribution >= 0.6 is 11.6 Å². The lowest BCUT2D eigenvalue weighted by Crippen LogP contribution is -1.99. The third kappa shape index (κ3) is 3.86. The first-order valence-electron chi connectivity index (χ1n) is 8.91. The van der Waals surface area contributed by atoms with Crippen molar-refractivity contribution in [3.8, 4) is 28.8 Å². The molecule has 1 aliphatic heterocycles. The van der Waals surface area contributed by atoms with Crippen molar-refractivity contribution in [2.24, 2.45) is 0 Å². The zero-order chi connectivity index (χ0) is 19.6. The van der Waals surface area contributed by atoms with E-state index in [4.69, 9.17) is 25.8 Å². The summed E-state index contributed by atoms with van der Waals surface area (Å²) < 4.78 is 18.6. The fourth-order valence-electron chi connectivity index (χ4n) is 3.03. The van der Waals surface area contributed by atoms with Gasteiger partial charge in [0.05, 0.1) is 6.33 Å². The highest BCUT2D eigenvalue weighted by atomic mass is 35.5. The van der Waals surface area contributed by atoms with Crippen LogP contribution in [0.3, 0.4) is 0 Å². The molecule has 7 nitrogen and oxygen atoms in total. The van der Waals surface area contributed by atoms with Gasteiger partial charge in [-0.05, 0) is 42.0 Å². The molecular formula is C21H15ClN4O3. The van der Waals surface area contributed by atoms with Crippen LogP contribution < -0.4 is 14.2 Å². The van der Waals surface area contributed by atoms with E-state index in [1.54, 1.807) is 18.6 Å². The zero-order valence-electron chi connectivity index (χ0n) is 15.2. The van der Waals surface area contributed by atoms with Gasteiger partial charge in [0.2, 0.25) is 12.7 Å². The molecule has 8 heteroatoms. The minimum absolute atomic E-state index is 0.240. The lowest BCUT2D eigenvalue weighted by Gasteiger charge is -2.09. The van der Waals surface area contributed by atoms with E-state index in [2.05, 4.69) is 15.0 Å². The molecule has 4 aromatic rings. The Hall–Kier alpha value is -3.58. The Balaban J connectivity index is 1.34. The molecule has 0 atom stereocenters. The van der Waals surface area contributed by atoms with Crippen LogP contribution in [0.5, 0.6) is 23.1 Å². The number of hydrogen-bond acceptors (Lipinski definition) is 6. The maximum atomic E-state index is 6.18. The van der Waals surface area contributed by atoms with E-state index in [-0.39, 0.29) is 6.79 Å². The predicted octanol–water partition coefficient (Wildman–Crippen LogP) is 4.43. The molecule has 0 saturated carbocycles. The molecular weight excluding hydrogens is 392 g/mol. The zero-order valence-corrected chi connectivity index (χ0v) is 15.9. The Labute approximate surface area is 171 Å². The number of aromatic nitrogens is 4. The molecule has 0 amide bonds. The van der Waals surface area contributed by atoms with Crippen LogP contribution in [0.1, 0.15) is 11.4 Å². The number of hydrogen-bond donors (Lipinski definition) is 0. The van der Waals surface area contributed by atoms with Crippen molar-refractivity contribution >= 4 is 11.6 Å². The minimum atomic E-state index is 0.240. The smallest absolute Gasteiger partial charge is 0.231 e. The Morgan fingerprint density at radius 1 is 1.00 bits per heavy atom. The first kappa shape index (κ1) is 17.5. The largest absolute Gasteiger partial charge is 0.454 e. The SMILES string of the molecule is Clc1cc(Oc2ccc(-n3ccnc3)cc2)nc(Cc2ccc3c(c2)OCO3)n1. The van der Waals surface area contributed by atoms with Gasteiger partial charge in [-0.25, -0.2) is 9.97 Å². The van der Waals surface area contributed by atoms with Crippen molar-refractivity contribution in [1.82, 2.24) is 19.5 Å². The van der Waals surface area contributed by atoms with Crippen LogP contribution in [0.25, 0.3) is 5.69 Å². The molecule has 0 fully saturated rings. The number of benzene rings is 2. The van der Waals surface area contributed by atoms with Gasteiger partial charge < -0.3 is 18.8 Å². The average Bonchev–Trinajstić information content (AvgIpc) is 3.40. The van der Waals surface area contributed by atoms with Gasteiger partial charge in [-0.1, -0.05) is 17.7 Å². The molecule has 2 aromatic carbocycles. The van der Waals surface area contributed by atoms with Gasteiger partial charge in [0, 0.05) is 30.6 Å². The predicted molar refractivity (Wildman–Crippen MR) is 106 cm³/mol. The summed E-state index contributed by atoms with van der Waals surface area (Å²) in [5.74, 6) is 3.05. The second-order valence-electron chi connectivity index (χ2n) is 6.38. The van der Waals surface area contributed by atoms with Crippen LogP contribution in [0.15, 0.2) is 67.3 Å². The monoisotopic (exact) mass is 406 g/mol. The van der Waals surface area contributed by atoms with Crippen molar-refractivity contribution in [3.63, 3.8) is 0 Å². The first-order valence-corrected chi connectivity index (χ1v) is 9.29. The third-order valence-corrected chi connectivity index (χ3v) is 4.57. The highest BCUT2D eigenvalue weighted by Gasteiger charge is 2.14. The fraction of sp³-hybridized carbons (Fsp3) is 0.0952. The number of imidazole rings is 1. The summed E-state index contributed by atoms with van der Waals surface area (Å²) in [5.41, 5.74) is 1.98. The van der Waals surface area contributed by atoms with Crippen molar-refractivity contribution < 1.29 is 14.2 Å². The standard InChI is InChI=1S/C21H15ClN4O3/c22-19-11-21(29-16-4-2-15(3-5-16)26-8-7-23-12-26)25-20(24-19)10-14-1-6-17-18(9-14)28-13-27-17/h1-9,11-12H,10,13H2. The Morgan fingerprint density at radius 2 is 1.86 bits per heavy atom. The van der Waals surface area contributed by atoms with Gasteiger partial charge in [0.25, 0.3) is 0 Å². The van der Waals surface area contributed by atoms with Gasteiger partial charge in [-0.3, -0.25) is 0 Å². The van der Waals surface area contributed by atoms with Crippen LogP contribution in [0.2, 0.25) is 5.15 Å². The molecule has 2 aromatic heterocycles. The summed E-state index contributed by atoms with van der Waals surface area (Å²) in [5, 5.41) is 0.320. The lowest BCUT2D eigenvalue weighted by molar-refractivity contribution is 0.174. The van der Waals surface area contributed by atoms with E-state index in [9.17, 15) is 0 Å². The molecule has 0 radical (unpaired) electrons. The van der Waals surface area contributed by atoms with Crippen molar-refractivity contribution in [2.45, 2.75) is 6.42 Å². The maximum absolute atomic E-state index is 6.18. The van der Waals surface area contributed by atoms with Crippen LogP contribution in [0, 0.1) is 0 Å². The number of rotatable bonds is 5. The van der Waals surface area contributed by atoms with Crippen molar-refractivity contribution in [2.75, 3.05) is 6.79 Å². The minimum Gasteiger partial charge on any atom is -0.454 e. The molecule has 0 N–H and O–H groups in total.